The molecule has 2 atom stereocenters. The van der Waals surface area contributed by atoms with Crippen LogP contribution < -0.4 is 10.6 Å². The number of hydrogen-bond acceptors (Lipinski definition) is 4. The molecule has 0 radical (unpaired) electrons. The van der Waals surface area contributed by atoms with Crippen LogP contribution in [0.4, 0.5) is 10.5 Å². The summed E-state index contributed by atoms with van der Waals surface area (Å²) >= 11 is 0. The highest BCUT2D eigenvalue weighted by atomic mass is 16.5. The zero-order valence-electron chi connectivity index (χ0n) is 11.4. The summed E-state index contributed by atoms with van der Waals surface area (Å²) < 4.78 is 5.48. The molecule has 0 bridgehead atoms. The second-order valence-corrected chi connectivity index (χ2v) is 4.82. The topological polar surface area (TPSA) is 73.8 Å². The first-order valence-electron chi connectivity index (χ1n) is 6.81. The summed E-state index contributed by atoms with van der Waals surface area (Å²) in [6.07, 6.45) is 5.28. The molecule has 6 heteroatoms. The van der Waals surface area contributed by atoms with Gasteiger partial charge in [-0.2, -0.15) is 0 Å². The minimum atomic E-state index is -0.388. The Morgan fingerprint density at radius 1 is 1.38 bits per heavy atom. The van der Waals surface area contributed by atoms with Gasteiger partial charge in [0, 0.05) is 18.3 Å². The number of ether oxygens (including phenoxy) is 1. The molecule has 2 amide bonds. The Hall–Kier alpha value is -2.47. The molecule has 0 saturated carbocycles. The number of amides is 2. The lowest BCUT2D eigenvalue weighted by atomic mass is 10.3. The minimum Gasteiger partial charge on any atom is -0.472 e. The van der Waals surface area contributed by atoms with Gasteiger partial charge >= 0.3 is 6.03 Å². The van der Waals surface area contributed by atoms with Crippen LogP contribution in [0.15, 0.2) is 54.4 Å². The molecule has 110 valence electrons. The van der Waals surface area contributed by atoms with E-state index in [0.717, 1.165) is 5.69 Å². The largest absolute Gasteiger partial charge is 0.472 e. The molecule has 21 heavy (non-hydrogen) atoms. The number of aliphatic hydroxyl groups excluding tert-OH is 1. The molecule has 1 aromatic carbocycles. The Morgan fingerprint density at radius 2 is 2.19 bits per heavy atom. The summed E-state index contributed by atoms with van der Waals surface area (Å²) in [5.41, 5.74) is 0.933. The van der Waals surface area contributed by atoms with Crippen molar-refractivity contribution in [2.24, 2.45) is 0 Å². The van der Waals surface area contributed by atoms with Crippen molar-refractivity contribution < 1.29 is 14.6 Å². The van der Waals surface area contributed by atoms with E-state index >= 15 is 0 Å². The molecule has 6 nitrogen and oxygen atoms in total. The van der Waals surface area contributed by atoms with Gasteiger partial charge in [0.05, 0.1) is 0 Å². The maximum Gasteiger partial charge on any atom is 0.326 e. The number of urea groups is 1. The Bertz CT molecular complexity index is 571. The lowest BCUT2D eigenvalue weighted by Crippen LogP contribution is -2.51. The Labute approximate surface area is 122 Å². The number of para-hydroxylation sites is 1. The van der Waals surface area contributed by atoms with E-state index in [2.05, 4.69) is 10.6 Å². The summed E-state index contributed by atoms with van der Waals surface area (Å²) in [5.74, 6) is 0.505. The normalized spacial score (nSPS) is 24.3. The molecule has 0 spiro atoms. The van der Waals surface area contributed by atoms with Crippen LogP contribution in [0.5, 0.6) is 0 Å². The molecule has 2 heterocycles. The first-order chi connectivity index (χ1) is 10.3. The van der Waals surface area contributed by atoms with Crippen molar-refractivity contribution >= 4 is 11.7 Å². The molecule has 0 aliphatic carbocycles. The van der Waals surface area contributed by atoms with E-state index in [1.54, 1.807) is 12.3 Å². The quantitative estimate of drug-likeness (QED) is 0.786. The number of nitrogens with zero attached hydrogens (tertiary/aromatic N) is 1. The fourth-order valence-electron chi connectivity index (χ4n) is 2.30. The van der Waals surface area contributed by atoms with Gasteiger partial charge in [-0.05, 0) is 24.3 Å². The molecule has 0 fully saturated rings. The third kappa shape index (κ3) is 3.00. The number of carbonyl (C=O) groups is 1. The number of aliphatic hydroxyl groups is 1. The van der Waals surface area contributed by atoms with Crippen molar-refractivity contribution in [3.63, 3.8) is 0 Å². The summed E-state index contributed by atoms with van der Waals surface area (Å²) in [6.45, 7) is -0.145. The first-order valence-corrected chi connectivity index (χ1v) is 6.81. The van der Waals surface area contributed by atoms with Gasteiger partial charge in [0.1, 0.15) is 18.5 Å². The molecular weight excluding hydrogens is 270 g/mol. The predicted octanol–water partition coefficient (Wildman–Crippen LogP) is 1.59. The SMILES string of the molecule is O=C1NC(Nc2ccccc2)C=CN1C1CC=C(CO)O1. The number of nitrogens with one attached hydrogen (secondary N) is 2. The number of benzene rings is 1. The zero-order valence-corrected chi connectivity index (χ0v) is 11.4. The van der Waals surface area contributed by atoms with Gasteiger partial charge in [-0.25, -0.2) is 4.79 Å². The molecule has 0 saturated heterocycles. The van der Waals surface area contributed by atoms with Gasteiger partial charge in [-0.3, -0.25) is 4.90 Å². The van der Waals surface area contributed by atoms with Gasteiger partial charge in [0.15, 0.2) is 6.23 Å². The minimum absolute atomic E-state index is 0.145. The second kappa shape index (κ2) is 5.88. The fourth-order valence-corrected chi connectivity index (χ4v) is 2.30. The fraction of sp³-hybridized carbons (Fsp3) is 0.267. The highest BCUT2D eigenvalue weighted by Gasteiger charge is 2.30. The van der Waals surface area contributed by atoms with Crippen molar-refractivity contribution in [3.05, 3.63) is 54.4 Å². The van der Waals surface area contributed by atoms with E-state index < -0.39 is 0 Å². The summed E-state index contributed by atoms with van der Waals surface area (Å²) in [6, 6.07) is 9.43. The van der Waals surface area contributed by atoms with Crippen LogP contribution in [0.25, 0.3) is 0 Å². The standard InChI is InChI=1S/C15H17N3O3/c19-10-12-6-7-14(21-12)18-9-8-13(17-15(18)20)16-11-4-2-1-3-5-11/h1-6,8-9,13-14,16,19H,7,10H2,(H,17,20). The monoisotopic (exact) mass is 287 g/mol. The highest BCUT2D eigenvalue weighted by Crippen LogP contribution is 2.22. The van der Waals surface area contributed by atoms with Crippen molar-refractivity contribution in [3.8, 4) is 0 Å². The van der Waals surface area contributed by atoms with Gasteiger partial charge in [-0.1, -0.05) is 18.2 Å². The van der Waals surface area contributed by atoms with Gasteiger partial charge in [0.2, 0.25) is 0 Å². The van der Waals surface area contributed by atoms with Crippen LogP contribution in [0.3, 0.4) is 0 Å². The zero-order chi connectivity index (χ0) is 14.7. The van der Waals surface area contributed by atoms with Crippen molar-refractivity contribution in [1.82, 2.24) is 10.2 Å². The third-order valence-corrected chi connectivity index (χ3v) is 3.35. The third-order valence-electron chi connectivity index (χ3n) is 3.35. The maximum atomic E-state index is 12.1. The molecule has 1 aromatic rings. The molecule has 2 aliphatic rings. The average Bonchev–Trinajstić information content (AvgIpc) is 2.97. The number of anilines is 1. The molecule has 3 N–H and O–H groups in total. The number of rotatable bonds is 4. The van der Waals surface area contributed by atoms with E-state index in [-0.39, 0.29) is 25.0 Å². The van der Waals surface area contributed by atoms with Crippen molar-refractivity contribution in [1.29, 1.82) is 0 Å². The van der Waals surface area contributed by atoms with Gasteiger partial charge < -0.3 is 20.5 Å². The first kappa shape index (κ1) is 13.5. The Kier molecular flexibility index (Phi) is 3.79. The molecular formula is C15H17N3O3. The summed E-state index contributed by atoms with van der Waals surface area (Å²) in [4.78, 5) is 13.6. The van der Waals surface area contributed by atoms with Crippen molar-refractivity contribution in [2.45, 2.75) is 18.8 Å². The molecule has 2 unspecified atom stereocenters. The number of hydrogen-bond donors (Lipinski definition) is 3. The van der Waals surface area contributed by atoms with Crippen molar-refractivity contribution in [2.75, 3.05) is 11.9 Å². The van der Waals surface area contributed by atoms with Crippen LogP contribution in [0, 0.1) is 0 Å². The summed E-state index contributed by atoms with van der Waals surface area (Å²) in [5, 5.41) is 15.1. The lowest BCUT2D eigenvalue weighted by molar-refractivity contribution is 0.0312. The Balaban J connectivity index is 1.62. The van der Waals surface area contributed by atoms with Gasteiger partial charge in [-0.15, -0.1) is 0 Å². The predicted molar refractivity (Wildman–Crippen MR) is 78.0 cm³/mol. The molecule has 2 aliphatic heterocycles. The van der Waals surface area contributed by atoms with Crippen LogP contribution in [-0.4, -0.2) is 35.0 Å². The summed E-state index contributed by atoms with van der Waals surface area (Å²) in [7, 11) is 0. The van der Waals surface area contributed by atoms with E-state index in [9.17, 15) is 4.79 Å². The lowest BCUT2D eigenvalue weighted by Gasteiger charge is -2.32. The smallest absolute Gasteiger partial charge is 0.326 e. The van der Waals surface area contributed by atoms with E-state index in [4.69, 9.17) is 9.84 Å². The second-order valence-electron chi connectivity index (χ2n) is 4.82. The van der Waals surface area contributed by atoms with Crippen LogP contribution in [0.2, 0.25) is 0 Å². The van der Waals surface area contributed by atoms with Gasteiger partial charge in [0.25, 0.3) is 0 Å². The van der Waals surface area contributed by atoms with Crippen LogP contribution >= 0.6 is 0 Å². The molecule has 3 rings (SSSR count). The van der Waals surface area contributed by atoms with Crippen LogP contribution in [0.1, 0.15) is 6.42 Å². The maximum absolute atomic E-state index is 12.1. The Morgan fingerprint density at radius 3 is 2.86 bits per heavy atom. The number of carbonyl (C=O) groups excluding carboxylic acids is 1. The van der Waals surface area contributed by atoms with Crippen LogP contribution in [-0.2, 0) is 4.74 Å². The van der Waals surface area contributed by atoms with E-state index in [0.29, 0.717) is 12.2 Å². The highest BCUT2D eigenvalue weighted by molar-refractivity contribution is 5.78. The van der Waals surface area contributed by atoms with E-state index in [1.807, 2.05) is 36.4 Å². The molecule has 0 aromatic heterocycles. The van der Waals surface area contributed by atoms with E-state index in [1.165, 1.54) is 4.90 Å². The average molecular weight is 287 g/mol.